The number of likely N-dealkylation sites (tertiary alicyclic amines) is 1. The summed E-state index contributed by atoms with van der Waals surface area (Å²) in [5, 5.41) is 3.41. The molecule has 9 heteroatoms. The van der Waals surface area contributed by atoms with Crippen molar-refractivity contribution in [2.24, 2.45) is 0 Å². The molecule has 1 fully saturated rings. The van der Waals surface area contributed by atoms with Crippen LogP contribution in [0.15, 0.2) is 12.1 Å². The number of methoxy groups -OCH3 is 2. The van der Waals surface area contributed by atoms with Crippen molar-refractivity contribution in [1.29, 1.82) is 0 Å². The maximum atomic E-state index is 12.5. The second kappa shape index (κ2) is 11.6. The van der Waals surface area contributed by atoms with Crippen LogP contribution >= 0.6 is 36.4 Å². The number of nitrogens with zero attached hydrogens (tertiary/aromatic N) is 1. The Labute approximate surface area is 166 Å². The number of hydrogen-bond acceptors (Lipinski definition) is 5. The Balaban J connectivity index is 0.00000288. The number of anilines is 1. The monoisotopic (exact) mass is 413 g/mol. The predicted octanol–water partition coefficient (Wildman–Crippen LogP) is 2.62. The van der Waals surface area contributed by atoms with E-state index in [1.165, 1.54) is 7.11 Å². The number of hydrogen-bond donors (Lipinski definition) is 2. The summed E-state index contributed by atoms with van der Waals surface area (Å²) < 4.78 is 10.3. The average Bonchev–Trinajstić information content (AvgIpc) is 2.56. The molecule has 1 aromatic carbocycles. The van der Waals surface area contributed by atoms with Gasteiger partial charge in [0.1, 0.15) is 5.75 Å². The maximum Gasteiger partial charge on any atom is 0.255 e. The van der Waals surface area contributed by atoms with E-state index in [0.717, 1.165) is 39.1 Å². The summed E-state index contributed by atoms with van der Waals surface area (Å²) in [4.78, 5) is 14.8. The fourth-order valence-corrected chi connectivity index (χ4v) is 2.86. The lowest BCUT2D eigenvalue weighted by Gasteiger charge is -2.32. The molecule has 0 atom stereocenters. The minimum Gasteiger partial charge on any atom is -0.496 e. The Morgan fingerprint density at radius 2 is 1.96 bits per heavy atom. The molecule has 1 heterocycles. The molecule has 0 bridgehead atoms. The van der Waals surface area contributed by atoms with Crippen molar-refractivity contribution in [3.63, 3.8) is 0 Å². The summed E-state index contributed by atoms with van der Waals surface area (Å²) in [6.45, 7) is 3.57. The van der Waals surface area contributed by atoms with Gasteiger partial charge in [0.2, 0.25) is 0 Å². The predicted molar refractivity (Wildman–Crippen MR) is 106 cm³/mol. The molecule has 1 amide bonds. The molecule has 2 rings (SSSR count). The summed E-state index contributed by atoms with van der Waals surface area (Å²) in [5.41, 5.74) is 6.55. The number of piperidine rings is 1. The maximum absolute atomic E-state index is 12.5. The van der Waals surface area contributed by atoms with Gasteiger partial charge in [0.25, 0.3) is 5.91 Å². The van der Waals surface area contributed by atoms with Gasteiger partial charge in [0.05, 0.1) is 30.0 Å². The van der Waals surface area contributed by atoms with E-state index in [4.69, 9.17) is 26.8 Å². The Hall–Kier alpha value is -0.920. The lowest BCUT2D eigenvalue weighted by atomic mass is 10.0. The van der Waals surface area contributed by atoms with Gasteiger partial charge in [0.15, 0.2) is 0 Å². The fraction of sp³-hybridized carbons (Fsp3) is 0.562. The molecule has 25 heavy (non-hydrogen) atoms. The van der Waals surface area contributed by atoms with Crippen LogP contribution in [0.1, 0.15) is 23.2 Å². The second-order valence-corrected chi connectivity index (χ2v) is 6.06. The Bertz CT molecular complexity index is 553. The first-order chi connectivity index (χ1) is 11.0. The molecule has 0 aliphatic carbocycles. The number of ether oxygens (including phenoxy) is 2. The molecule has 144 valence electrons. The van der Waals surface area contributed by atoms with E-state index in [2.05, 4.69) is 10.2 Å². The topological polar surface area (TPSA) is 76.8 Å². The van der Waals surface area contributed by atoms with Gasteiger partial charge >= 0.3 is 0 Å². The molecule has 3 N–H and O–H groups in total. The van der Waals surface area contributed by atoms with E-state index in [1.54, 1.807) is 19.2 Å². The largest absolute Gasteiger partial charge is 0.496 e. The number of nitrogens with two attached hydrogens (primary N) is 1. The minimum atomic E-state index is -0.181. The van der Waals surface area contributed by atoms with Crippen LogP contribution in [0.2, 0.25) is 5.02 Å². The average molecular weight is 415 g/mol. The molecule has 1 aliphatic heterocycles. The van der Waals surface area contributed by atoms with Crippen molar-refractivity contribution in [3.8, 4) is 5.75 Å². The Kier molecular flexibility index (Phi) is 11.2. The quantitative estimate of drug-likeness (QED) is 0.700. The first kappa shape index (κ1) is 24.1. The van der Waals surface area contributed by atoms with Gasteiger partial charge in [-0.25, -0.2) is 0 Å². The van der Waals surface area contributed by atoms with Crippen molar-refractivity contribution in [1.82, 2.24) is 10.2 Å². The van der Waals surface area contributed by atoms with Crippen LogP contribution in [0.3, 0.4) is 0 Å². The number of rotatable bonds is 6. The van der Waals surface area contributed by atoms with Crippen LogP contribution < -0.4 is 15.8 Å². The van der Waals surface area contributed by atoms with E-state index < -0.39 is 0 Å². The van der Waals surface area contributed by atoms with E-state index in [9.17, 15) is 4.79 Å². The molecule has 0 spiro atoms. The zero-order chi connectivity index (χ0) is 16.8. The third-order valence-corrected chi connectivity index (χ3v) is 4.43. The molecule has 0 aromatic heterocycles. The molecular formula is C16H26Cl3N3O3. The number of nitrogen functional groups attached to an aromatic ring is 1. The van der Waals surface area contributed by atoms with Crippen LogP contribution in [0.5, 0.6) is 5.75 Å². The summed E-state index contributed by atoms with van der Waals surface area (Å²) in [6, 6.07) is 3.28. The third-order valence-electron chi connectivity index (χ3n) is 4.10. The van der Waals surface area contributed by atoms with Crippen LogP contribution in [0, 0.1) is 0 Å². The summed E-state index contributed by atoms with van der Waals surface area (Å²) in [5.74, 6) is 0.251. The minimum absolute atomic E-state index is 0. The molecule has 0 saturated carbocycles. The number of benzene rings is 1. The standard InChI is InChI=1S/C16H24ClN3O3.2ClH/c1-22-8-7-20-5-3-11(4-6-20)19-16(21)12-9-13(17)14(18)10-15(12)23-2;;/h9-11H,3-8,18H2,1-2H3,(H,19,21);2*1H. The van der Waals surface area contributed by atoms with Gasteiger partial charge in [-0.2, -0.15) is 0 Å². The highest BCUT2D eigenvalue weighted by Crippen LogP contribution is 2.29. The lowest BCUT2D eigenvalue weighted by Crippen LogP contribution is -2.45. The molecule has 0 radical (unpaired) electrons. The highest BCUT2D eigenvalue weighted by molar-refractivity contribution is 6.33. The number of nitrogens with one attached hydrogen (secondary N) is 1. The van der Waals surface area contributed by atoms with Crippen molar-refractivity contribution in [2.45, 2.75) is 18.9 Å². The van der Waals surface area contributed by atoms with Gasteiger partial charge in [-0.3, -0.25) is 4.79 Å². The zero-order valence-electron chi connectivity index (χ0n) is 14.4. The van der Waals surface area contributed by atoms with Crippen molar-refractivity contribution >= 4 is 48.0 Å². The van der Waals surface area contributed by atoms with Crippen molar-refractivity contribution in [3.05, 3.63) is 22.7 Å². The number of carbonyl (C=O) groups is 1. The number of amides is 1. The number of carbonyl (C=O) groups excluding carboxylic acids is 1. The molecule has 0 unspecified atom stereocenters. The van der Waals surface area contributed by atoms with E-state index in [0.29, 0.717) is 22.0 Å². The smallest absolute Gasteiger partial charge is 0.255 e. The summed E-state index contributed by atoms with van der Waals surface area (Å²) in [6.07, 6.45) is 1.83. The molecule has 1 saturated heterocycles. The SMILES string of the molecule is COCCN1CCC(NC(=O)c2cc(Cl)c(N)cc2OC)CC1.Cl.Cl. The van der Waals surface area contributed by atoms with Crippen LogP contribution in [-0.4, -0.2) is 57.3 Å². The second-order valence-electron chi connectivity index (χ2n) is 5.66. The molecule has 1 aliphatic rings. The van der Waals surface area contributed by atoms with Crippen LogP contribution in [-0.2, 0) is 4.74 Å². The molecule has 1 aromatic rings. The third kappa shape index (κ3) is 6.72. The van der Waals surface area contributed by atoms with Crippen molar-refractivity contribution < 1.29 is 14.3 Å². The van der Waals surface area contributed by atoms with E-state index in [1.807, 2.05) is 0 Å². The number of halogens is 3. The lowest BCUT2D eigenvalue weighted by molar-refractivity contribution is 0.0890. The molecular weight excluding hydrogens is 389 g/mol. The van der Waals surface area contributed by atoms with E-state index in [-0.39, 0.29) is 36.8 Å². The normalized spacial score (nSPS) is 15.0. The van der Waals surface area contributed by atoms with Crippen molar-refractivity contribution in [2.75, 3.05) is 46.2 Å². The van der Waals surface area contributed by atoms with Crippen LogP contribution in [0.4, 0.5) is 5.69 Å². The first-order valence-electron chi connectivity index (χ1n) is 7.70. The van der Waals surface area contributed by atoms with Gasteiger partial charge in [-0.05, 0) is 18.9 Å². The first-order valence-corrected chi connectivity index (χ1v) is 8.08. The highest BCUT2D eigenvalue weighted by Gasteiger charge is 2.22. The summed E-state index contributed by atoms with van der Waals surface area (Å²) >= 11 is 6.02. The van der Waals surface area contributed by atoms with Gasteiger partial charge in [-0.15, -0.1) is 24.8 Å². The van der Waals surface area contributed by atoms with Gasteiger partial charge in [0, 0.05) is 38.9 Å². The van der Waals surface area contributed by atoms with Gasteiger partial charge < -0.3 is 25.4 Å². The van der Waals surface area contributed by atoms with Gasteiger partial charge in [-0.1, -0.05) is 11.6 Å². The Morgan fingerprint density at radius 3 is 2.52 bits per heavy atom. The van der Waals surface area contributed by atoms with Crippen LogP contribution in [0.25, 0.3) is 0 Å². The highest BCUT2D eigenvalue weighted by atomic mass is 35.5. The summed E-state index contributed by atoms with van der Waals surface area (Å²) in [7, 11) is 3.21. The fourth-order valence-electron chi connectivity index (χ4n) is 2.70. The van der Waals surface area contributed by atoms with E-state index >= 15 is 0 Å². The molecule has 6 nitrogen and oxygen atoms in total. The Morgan fingerprint density at radius 1 is 1.32 bits per heavy atom. The zero-order valence-corrected chi connectivity index (χ0v) is 16.8.